The minimum Gasteiger partial charge on any atom is -0.387 e. The van der Waals surface area contributed by atoms with Crippen molar-refractivity contribution in [3.8, 4) is 0 Å². The number of nitrogens with one attached hydrogen (secondary N) is 1. The summed E-state index contributed by atoms with van der Waals surface area (Å²) in [4.78, 5) is 31.5. The lowest BCUT2D eigenvalue weighted by atomic mass is 10.0. The van der Waals surface area contributed by atoms with E-state index in [0.717, 1.165) is 13.0 Å². The number of hydrogen-bond donors (Lipinski definition) is 2. The zero-order valence-electron chi connectivity index (χ0n) is 22.7. The van der Waals surface area contributed by atoms with Crippen LogP contribution in [0, 0.1) is 0 Å². The molecule has 0 amide bonds. The summed E-state index contributed by atoms with van der Waals surface area (Å²) in [5.74, 6) is 0. The van der Waals surface area contributed by atoms with Crippen LogP contribution in [0.3, 0.4) is 0 Å². The second kappa shape index (κ2) is 17.9. The van der Waals surface area contributed by atoms with Crippen LogP contribution in [0.2, 0.25) is 0 Å². The first-order valence-corrected chi connectivity index (χ1v) is 14.0. The van der Waals surface area contributed by atoms with Gasteiger partial charge in [0.1, 0.15) is 18.3 Å². The van der Waals surface area contributed by atoms with E-state index in [1.54, 1.807) is 5.06 Å². The number of aromatic amines is 1. The van der Waals surface area contributed by atoms with Gasteiger partial charge in [-0.1, -0.05) is 90.4 Å². The highest BCUT2D eigenvalue weighted by atomic mass is 16.7. The van der Waals surface area contributed by atoms with E-state index in [9.17, 15) is 14.7 Å². The van der Waals surface area contributed by atoms with Gasteiger partial charge in [0, 0.05) is 33.0 Å². The molecule has 2 N–H and O–H groups in total. The van der Waals surface area contributed by atoms with Gasteiger partial charge in [-0.2, -0.15) is 5.06 Å². The molecule has 9 nitrogen and oxygen atoms in total. The molecule has 1 aliphatic rings. The first-order valence-electron chi connectivity index (χ1n) is 14.0. The van der Waals surface area contributed by atoms with E-state index in [1.165, 1.54) is 107 Å². The highest BCUT2D eigenvalue weighted by molar-refractivity contribution is 4.93. The number of H-pyrrole nitrogens is 1. The smallest absolute Gasteiger partial charge is 0.330 e. The summed E-state index contributed by atoms with van der Waals surface area (Å²) in [6, 6.07) is 1.23. The Labute approximate surface area is 216 Å². The fraction of sp³-hybridized carbons (Fsp3) is 0.852. The van der Waals surface area contributed by atoms with Crippen molar-refractivity contribution in [1.82, 2.24) is 14.6 Å². The lowest BCUT2D eigenvalue weighted by Crippen LogP contribution is -2.39. The second-order valence-corrected chi connectivity index (χ2v) is 10.0. The fourth-order valence-electron chi connectivity index (χ4n) is 4.76. The Morgan fingerprint density at radius 3 is 2.06 bits per heavy atom. The van der Waals surface area contributed by atoms with Crippen LogP contribution in [0.15, 0.2) is 21.9 Å². The van der Waals surface area contributed by atoms with Gasteiger partial charge < -0.3 is 14.6 Å². The number of rotatable bonds is 20. The molecule has 1 fully saturated rings. The van der Waals surface area contributed by atoms with Gasteiger partial charge >= 0.3 is 5.69 Å². The van der Waals surface area contributed by atoms with Crippen LogP contribution in [-0.2, 0) is 14.3 Å². The average Bonchev–Trinajstić information content (AvgIpc) is 3.17. The van der Waals surface area contributed by atoms with Crippen LogP contribution in [-0.4, -0.2) is 65.3 Å². The number of hydroxylamine groups is 2. The van der Waals surface area contributed by atoms with E-state index in [2.05, 4.69) is 11.9 Å². The standard InChI is InChI=1S/C27H49N3O6/c1-4-5-6-7-8-9-10-11-12-13-14-15-16-17-19-29(2)35-21-22-24(32)25(34-3)26(36-22)30-20-18-23(31)28-27(30)33/h18,20,22,24-26,32H,4-17,19,21H2,1-3H3,(H,28,31,33)/t22-,24?,25+,26-/m1/s1. The first kappa shape index (κ1) is 30.7. The molecule has 208 valence electrons. The molecule has 9 heteroatoms. The molecule has 1 aromatic rings. The third-order valence-electron chi connectivity index (χ3n) is 7.00. The van der Waals surface area contributed by atoms with Crippen LogP contribution in [0.1, 0.15) is 103 Å². The van der Waals surface area contributed by atoms with Crippen molar-refractivity contribution in [2.75, 3.05) is 27.3 Å². The van der Waals surface area contributed by atoms with Crippen molar-refractivity contribution < 1.29 is 19.4 Å². The van der Waals surface area contributed by atoms with Gasteiger partial charge in [-0.3, -0.25) is 19.2 Å². The van der Waals surface area contributed by atoms with Crippen LogP contribution >= 0.6 is 0 Å². The lowest BCUT2D eigenvalue weighted by Gasteiger charge is -2.21. The van der Waals surface area contributed by atoms with Gasteiger partial charge in [0.2, 0.25) is 0 Å². The van der Waals surface area contributed by atoms with Crippen molar-refractivity contribution in [1.29, 1.82) is 0 Å². The van der Waals surface area contributed by atoms with Gasteiger partial charge in [0.25, 0.3) is 5.56 Å². The molecule has 0 saturated carbocycles. The molecule has 1 aromatic heterocycles. The molecule has 2 heterocycles. The molecular weight excluding hydrogens is 462 g/mol. The molecule has 1 saturated heterocycles. The summed E-state index contributed by atoms with van der Waals surface area (Å²) in [6.07, 6.45) is 16.7. The van der Waals surface area contributed by atoms with Crippen LogP contribution in [0.25, 0.3) is 0 Å². The van der Waals surface area contributed by atoms with Gasteiger partial charge in [-0.05, 0) is 6.42 Å². The average molecular weight is 512 g/mol. The number of hydrogen-bond acceptors (Lipinski definition) is 7. The van der Waals surface area contributed by atoms with E-state index < -0.39 is 35.8 Å². The summed E-state index contributed by atoms with van der Waals surface area (Å²) in [6.45, 7) is 3.21. The Balaban J connectivity index is 1.53. The van der Waals surface area contributed by atoms with E-state index in [4.69, 9.17) is 14.3 Å². The minimum absolute atomic E-state index is 0.144. The van der Waals surface area contributed by atoms with E-state index in [1.807, 2.05) is 7.05 Å². The molecule has 0 aliphatic carbocycles. The zero-order valence-corrected chi connectivity index (χ0v) is 22.7. The topological polar surface area (TPSA) is 106 Å². The Bertz CT molecular complexity index is 813. The monoisotopic (exact) mass is 511 g/mol. The third kappa shape index (κ3) is 10.8. The predicted molar refractivity (Wildman–Crippen MR) is 141 cm³/mol. The zero-order chi connectivity index (χ0) is 26.2. The second-order valence-electron chi connectivity index (χ2n) is 10.0. The Morgan fingerprint density at radius 2 is 1.53 bits per heavy atom. The number of aliphatic hydroxyl groups is 1. The van der Waals surface area contributed by atoms with Crippen LogP contribution < -0.4 is 11.2 Å². The van der Waals surface area contributed by atoms with Crippen molar-refractivity contribution >= 4 is 0 Å². The molecule has 4 atom stereocenters. The molecule has 36 heavy (non-hydrogen) atoms. The maximum atomic E-state index is 12.1. The lowest BCUT2D eigenvalue weighted by molar-refractivity contribution is -0.179. The molecular formula is C27H49N3O6. The number of aliphatic hydroxyl groups excluding tert-OH is 1. The van der Waals surface area contributed by atoms with Gasteiger partial charge in [-0.25, -0.2) is 4.79 Å². The molecule has 1 unspecified atom stereocenters. The maximum Gasteiger partial charge on any atom is 0.330 e. The summed E-state index contributed by atoms with van der Waals surface area (Å²) in [7, 11) is 3.33. The van der Waals surface area contributed by atoms with Gasteiger partial charge in [0.15, 0.2) is 6.23 Å². The van der Waals surface area contributed by atoms with E-state index in [0.29, 0.717) is 0 Å². The number of aromatic nitrogens is 2. The normalized spacial score (nSPS) is 22.0. The quantitative estimate of drug-likeness (QED) is 0.200. The first-order chi connectivity index (χ1) is 17.5. The number of ether oxygens (including phenoxy) is 2. The van der Waals surface area contributed by atoms with E-state index >= 15 is 0 Å². The summed E-state index contributed by atoms with van der Waals surface area (Å²) in [5.41, 5.74) is -1.10. The highest BCUT2D eigenvalue weighted by Crippen LogP contribution is 2.30. The van der Waals surface area contributed by atoms with E-state index in [-0.39, 0.29) is 6.61 Å². The maximum absolute atomic E-state index is 12.1. The number of unbranched alkanes of at least 4 members (excludes halogenated alkanes) is 13. The largest absolute Gasteiger partial charge is 0.387 e. The van der Waals surface area contributed by atoms with Crippen molar-refractivity contribution in [3.05, 3.63) is 33.1 Å². The molecule has 0 aromatic carbocycles. The summed E-state index contributed by atoms with van der Waals surface area (Å²) in [5, 5.41) is 12.4. The predicted octanol–water partition coefficient (Wildman–Crippen LogP) is 4.15. The summed E-state index contributed by atoms with van der Waals surface area (Å²) >= 11 is 0. The number of nitrogens with zero attached hydrogens (tertiary/aromatic N) is 2. The summed E-state index contributed by atoms with van der Waals surface area (Å²) < 4.78 is 12.5. The molecule has 0 radical (unpaired) electrons. The third-order valence-corrected chi connectivity index (χ3v) is 7.00. The van der Waals surface area contributed by atoms with Crippen LogP contribution in [0.5, 0.6) is 0 Å². The SMILES string of the molecule is CCCCCCCCCCCCCCCCN(C)OC[C@H]1O[C@@H](n2ccc(=O)[nH]c2=O)[C@@H](OC)C1O. The van der Waals surface area contributed by atoms with Crippen molar-refractivity contribution in [2.24, 2.45) is 0 Å². The molecule has 2 rings (SSSR count). The molecule has 1 aliphatic heterocycles. The molecule has 0 bridgehead atoms. The number of methoxy groups -OCH3 is 1. The van der Waals surface area contributed by atoms with Crippen molar-refractivity contribution in [3.63, 3.8) is 0 Å². The van der Waals surface area contributed by atoms with Crippen molar-refractivity contribution in [2.45, 2.75) is 121 Å². The van der Waals surface area contributed by atoms with Gasteiger partial charge in [-0.15, -0.1) is 0 Å². The van der Waals surface area contributed by atoms with Crippen LogP contribution in [0.4, 0.5) is 0 Å². The fourth-order valence-corrected chi connectivity index (χ4v) is 4.76. The Morgan fingerprint density at radius 1 is 0.972 bits per heavy atom. The Kier molecular flexibility index (Phi) is 15.2. The van der Waals surface area contributed by atoms with Gasteiger partial charge in [0.05, 0.1) is 6.61 Å². The molecule has 0 spiro atoms. The highest BCUT2D eigenvalue weighted by Gasteiger charge is 2.45. The minimum atomic E-state index is -0.965. The Hall–Kier alpha value is -1.52.